The summed E-state index contributed by atoms with van der Waals surface area (Å²) < 4.78 is 2.05. The lowest BCUT2D eigenvalue weighted by Gasteiger charge is -1.99. The van der Waals surface area contributed by atoms with Gasteiger partial charge in [0, 0.05) is 11.6 Å². The van der Waals surface area contributed by atoms with Crippen LogP contribution in [0.1, 0.15) is 11.1 Å². The third-order valence-electron chi connectivity index (χ3n) is 3.24. The number of nitrogens with zero attached hydrogens (tertiary/aromatic N) is 2. The fourth-order valence-electron chi connectivity index (χ4n) is 2.14. The Hall–Kier alpha value is -2.35. The number of aryl methyl sites for hydroxylation is 2. The normalized spacial score (nSPS) is 11.5. The highest BCUT2D eigenvalue weighted by molar-refractivity contribution is 5.87. The average molecular weight is 248 g/mol. The lowest BCUT2D eigenvalue weighted by atomic mass is 10.2. The van der Waals surface area contributed by atoms with E-state index < -0.39 is 0 Å². The van der Waals surface area contributed by atoms with Crippen LogP contribution in [0.4, 0.5) is 5.69 Å². The summed E-state index contributed by atoms with van der Waals surface area (Å²) in [6, 6.07) is 16.8. The zero-order valence-electron chi connectivity index (χ0n) is 11.2. The molecule has 19 heavy (non-hydrogen) atoms. The smallest absolute Gasteiger partial charge is 0.0998 e. The molecule has 0 saturated heterocycles. The summed E-state index contributed by atoms with van der Waals surface area (Å²) in [5.41, 5.74) is 4.68. The molecule has 0 spiro atoms. The second-order valence-corrected chi connectivity index (χ2v) is 4.87. The number of aliphatic imine (C=N–C) groups is 1. The van der Waals surface area contributed by atoms with Crippen molar-refractivity contribution in [3.05, 3.63) is 65.9 Å². The van der Waals surface area contributed by atoms with Crippen LogP contribution in [-0.2, 0) is 0 Å². The molecule has 0 saturated carbocycles. The van der Waals surface area contributed by atoms with Crippen molar-refractivity contribution in [3.63, 3.8) is 0 Å². The van der Waals surface area contributed by atoms with Crippen molar-refractivity contribution in [1.29, 1.82) is 0 Å². The highest BCUT2D eigenvalue weighted by atomic mass is 15.0. The minimum Gasteiger partial charge on any atom is -0.307 e. The topological polar surface area (TPSA) is 17.3 Å². The SMILES string of the molecule is Cc1ccc(N=Cn2ccc3cc(C)ccc32)cc1. The highest BCUT2D eigenvalue weighted by Gasteiger charge is 1.98. The van der Waals surface area contributed by atoms with Gasteiger partial charge in [0.25, 0.3) is 0 Å². The van der Waals surface area contributed by atoms with Crippen LogP contribution in [0.25, 0.3) is 10.9 Å². The second kappa shape index (κ2) is 4.73. The molecule has 0 atom stereocenters. The summed E-state index contributed by atoms with van der Waals surface area (Å²) >= 11 is 0. The number of rotatable bonds is 2. The Morgan fingerprint density at radius 1 is 0.895 bits per heavy atom. The van der Waals surface area contributed by atoms with Gasteiger partial charge in [-0.15, -0.1) is 0 Å². The average Bonchev–Trinajstić information content (AvgIpc) is 2.80. The number of aromatic nitrogens is 1. The van der Waals surface area contributed by atoms with E-state index in [2.05, 4.69) is 59.8 Å². The molecule has 1 aromatic heterocycles. The Labute approximate surface area is 113 Å². The molecule has 2 nitrogen and oxygen atoms in total. The molecule has 0 N–H and O–H groups in total. The van der Waals surface area contributed by atoms with Crippen molar-refractivity contribution in [2.45, 2.75) is 13.8 Å². The van der Waals surface area contributed by atoms with Gasteiger partial charge in [-0.1, -0.05) is 29.3 Å². The Bertz CT molecular complexity index is 734. The molecule has 0 amide bonds. The van der Waals surface area contributed by atoms with Gasteiger partial charge in [-0.25, -0.2) is 4.99 Å². The third kappa shape index (κ3) is 2.43. The van der Waals surface area contributed by atoms with Gasteiger partial charge in [0.15, 0.2) is 0 Å². The minimum absolute atomic E-state index is 0.972. The molecule has 0 fully saturated rings. The molecule has 2 heteroatoms. The van der Waals surface area contributed by atoms with Crippen molar-refractivity contribution in [2.75, 3.05) is 0 Å². The van der Waals surface area contributed by atoms with Crippen LogP contribution in [0, 0.1) is 13.8 Å². The standard InChI is InChI=1S/C17H16N2/c1-13-3-6-16(7-4-13)18-12-19-10-9-15-11-14(2)5-8-17(15)19/h3-12H,1-2H3. The van der Waals surface area contributed by atoms with Gasteiger partial charge in [0.2, 0.25) is 0 Å². The molecular weight excluding hydrogens is 232 g/mol. The molecule has 2 aromatic carbocycles. The lowest BCUT2D eigenvalue weighted by molar-refractivity contribution is 1.25. The van der Waals surface area contributed by atoms with E-state index in [0.717, 1.165) is 5.69 Å². The van der Waals surface area contributed by atoms with E-state index in [9.17, 15) is 0 Å². The fourth-order valence-corrected chi connectivity index (χ4v) is 2.14. The van der Waals surface area contributed by atoms with Crippen molar-refractivity contribution in [1.82, 2.24) is 4.57 Å². The van der Waals surface area contributed by atoms with E-state index in [1.807, 2.05) is 24.7 Å². The number of hydrogen-bond acceptors (Lipinski definition) is 1. The van der Waals surface area contributed by atoms with Crippen LogP contribution < -0.4 is 0 Å². The summed E-state index contributed by atoms with van der Waals surface area (Å²) in [7, 11) is 0. The summed E-state index contributed by atoms with van der Waals surface area (Å²) in [5, 5.41) is 1.25. The van der Waals surface area contributed by atoms with Crippen LogP contribution in [-0.4, -0.2) is 10.9 Å². The fraction of sp³-hybridized carbons (Fsp3) is 0.118. The van der Waals surface area contributed by atoms with E-state index in [1.165, 1.54) is 22.0 Å². The van der Waals surface area contributed by atoms with E-state index in [0.29, 0.717) is 0 Å². The summed E-state index contributed by atoms with van der Waals surface area (Å²) in [6.07, 6.45) is 3.91. The van der Waals surface area contributed by atoms with Crippen molar-refractivity contribution in [3.8, 4) is 0 Å². The van der Waals surface area contributed by atoms with E-state index in [1.54, 1.807) is 0 Å². The van der Waals surface area contributed by atoms with E-state index in [-0.39, 0.29) is 0 Å². The van der Waals surface area contributed by atoms with Crippen molar-refractivity contribution in [2.24, 2.45) is 4.99 Å². The Morgan fingerprint density at radius 2 is 1.63 bits per heavy atom. The first-order chi connectivity index (χ1) is 9.22. The van der Waals surface area contributed by atoms with Crippen molar-refractivity contribution < 1.29 is 0 Å². The van der Waals surface area contributed by atoms with Crippen LogP contribution in [0.2, 0.25) is 0 Å². The first-order valence-corrected chi connectivity index (χ1v) is 6.40. The lowest BCUT2D eigenvalue weighted by Crippen LogP contribution is -1.91. The highest BCUT2D eigenvalue weighted by Crippen LogP contribution is 2.17. The van der Waals surface area contributed by atoms with Gasteiger partial charge in [0.1, 0.15) is 0 Å². The van der Waals surface area contributed by atoms with E-state index in [4.69, 9.17) is 0 Å². The first kappa shape index (κ1) is 11.7. The molecule has 0 bridgehead atoms. The molecule has 0 aliphatic heterocycles. The molecule has 3 rings (SSSR count). The molecule has 3 aromatic rings. The molecule has 1 heterocycles. The van der Waals surface area contributed by atoms with E-state index >= 15 is 0 Å². The molecular formula is C17H16N2. The Morgan fingerprint density at radius 3 is 2.42 bits per heavy atom. The maximum absolute atomic E-state index is 4.50. The predicted octanol–water partition coefficient (Wildman–Crippen LogP) is 4.47. The third-order valence-corrected chi connectivity index (χ3v) is 3.24. The van der Waals surface area contributed by atoms with Gasteiger partial charge in [-0.2, -0.15) is 0 Å². The predicted molar refractivity (Wildman–Crippen MR) is 81.4 cm³/mol. The zero-order chi connectivity index (χ0) is 13.2. The monoisotopic (exact) mass is 248 g/mol. The van der Waals surface area contributed by atoms with Gasteiger partial charge in [-0.3, -0.25) is 0 Å². The zero-order valence-corrected chi connectivity index (χ0v) is 11.2. The summed E-state index contributed by atoms with van der Waals surface area (Å²) in [6.45, 7) is 4.19. The maximum atomic E-state index is 4.50. The van der Waals surface area contributed by atoms with Crippen LogP contribution in [0.15, 0.2) is 59.7 Å². The minimum atomic E-state index is 0.972. The Balaban J connectivity index is 1.95. The summed E-state index contributed by atoms with van der Waals surface area (Å²) in [4.78, 5) is 4.50. The number of fused-ring (bicyclic) bond motifs is 1. The maximum Gasteiger partial charge on any atom is 0.0998 e. The van der Waals surface area contributed by atoms with Gasteiger partial charge in [0.05, 0.1) is 17.5 Å². The molecule has 94 valence electrons. The molecule has 0 aliphatic carbocycles. The van der Waals surface area contributed by atoms with Crippen LogP contribution in [0.3, 0.4) is 0 Å². The van der Waals surface area contributed by atoms with Gasteiger partial charge in [-0.05, 0) is 44.2 Å². The number of benzene rings is 2. The second-order valence-electron chi connectivity index (χ2n) is 4.87. The quantitative estimate of drug-likeness (QED) is 0.470. The largest absolute Gasteiger partial charge is 0.307 e. The van der Waals surface area contributed by atoms with Crippen LogP contribution >= 0.6 is 0 Å². The molecule has 0 aliphatic rings. The van der Waals surface area contributed by atoms with Gasteiger partial charge < -0.3 is 4.57 Å². The Kier molecular flexibility index (Phi) is 2.92. The molecule has 0 unspecified atom stereocenters. The molecule has 0 radical (unpaired) electrons. The van der Waals surface area contributed by atoms with Crippen molar-refractivity contribution >= 4 is 22.9 Å². The number of hydrogen-bond donors (Lipinski definition) is 0. The first-order valence-electron chi connectivity index (χ1n) is 6.40. The van der Waals surface area contributed by atoms with Gasteiger partial charge >= 0.3 is 0 Å². The van der Waals surface area contributed by atoms with Crippen LogP contribution in [0.5, 0.6) is 0 Å². The summed E-state index contributed by atoms with van der Waals surface area (Å²) in [5.74, 6) is 0.